The van der Waals surface area contributed by atoms with E-state index in [2.05, 4.69) is 109 Å². The molecule has 1 heterocycles. The zero-order chi connectivity index (χ0) is 31.3. The smallest absolute Gasteiger partial charge is 1.00 e. The molecule has 0 amide bonds. The van der Waals surface area contributed by atoms with Crippen molar-refractivity contribution in [1.82, 2.24) is 15.6 Å². The van der Waals surface area contributed by atoms with Crippen molar-refractivity contribution < 1.29 is 34.1 Å². The number of hydrogen-bond acceptors (Lipinski definition) is 7. The number of rotatable bonds is 10. The van der Waals surface area contributed by atoms with Gasteiger partial charge in [-0.15, -0.1) is 10.2 Å². The maximum absolute atomic E-state index is 5.79. The van der Waals surface area contributed by atoms with Crippen molar-refractivity contribution in [3.63, 3.8) is 0 Å². The number of halogens is 1. The van der Waals surface area contributed by atoms with E-state index >= 15 is 0 Å². The SMILES string of the molecule is CNC([S-])=NN=C(C(=NN=C([S-])NC[P+](c1ccccc1)(c1ccccc1)c1ccccc1)c1ccccc1)c1cccnc1.[Br-].[Cu+2]. The Kier molecular flexibility index (Phi) is 15.3. The molecule has 0 spiro atoms. The Balaban J connectivity index is 0.00000300. The minimum Gasteiger partial charge on any atom is -1.00 e. The van der Waals surface area contributed by atoms with Crippen molar-refractivity contribution in [3.8, 4) is 0 Å². The third-order valence-electron chi connectivity index (χ3n) is 6.96. The molecule has 0 fully saturated rings. The molecular weight excluding hydrogens is 757 g/mol. The molecule has 2 N–H and O–H groups in total. The quantitative estimate of drug-likeness (QED) is 0.0564. The Hall–Kier alpha value is -3.82. The summed E-state index contributed by atoms with van der Waals surface area (Å²) in [5.74, 6) is 0. The molecule has 5 aromatic rings. The van der Waals surface area contributed by atoms with Crippen LogP contribution < -0.4 is 43.5 Å². The van der Waals surface area contributed by atoms with Crippen molar-refractivity contribution >= 4 is 70.2 Å². The number of pyridine rings is 1. The topological polar surface area (TPSA) is 86.4 Å². The van der Waals surface area contributed by atoms with Gasteiger partial charge >= 0.3 is 17.1 Å². The van der Waals surface area contributed by atoms with Crippen molar-refractivity contribution in [3.05, 3.63) is 157 Å². The summed E-state index contributed by atoms with van der Waals surface area (Å²) in [6.45, 7) is 0. The van der Waals surface area contributed by atoms with E-state index in [4.69, 9.17) is 25.3 Å². The summed E-state index contributed by atoms with van der Waals surface area (Å²) in [6.07, 6.45) is 3.95. The first-order valence-electron chi connectivity index (χ1n) is 14.2. The van der Waals surface area contributed by atoms with E-state index in [1.165, 1.54) is 15.9 Å². The molecule has 0 aliphatic heterocycles. The Morgan fingerprint density at radius 2 is 1.02 bits per heavy atom. The van der Waals surface area contributed by atoms with Crippen molar-refractivity contribution in [2.45, 2.75) is 0 Å². The number of benzene rings is 4. The molecule has 0 aliphatic rings. The zero-order valence-corrected chi connectivity index (χ0v) is 30.3. The number of aromatic nitrogens is 1. The van der Waals surface area contributed by atoms with Crippen LogP contribution in [0.15, 0.2) is 166 Å². The average Bonchev–Trinajstić information content (AvgIpc) is 3.12. The van der Waals surface area contributed by atoms with Gasteiger partial charge in [0.05, 0.1) is 0 Å². The molecule has 4 aromatic carbocycles. The number of nitrogens with zero attached hydrogens (tertiary/aromatic N) is 5. The van der Waals surface area contributed by atoms with E-state index in [1.807, 2.05) is 60.7 Å². The zero-order valence-electron chi connectivity index (χ0n) is 25.2. The van der Waals surface area contributed by atoms with Crippen molar-refractivity contribution in [2.75, 3.05) is 13.3 Å². The summed E-state index contributed by atoms with van der Waals surface area (Å²) < 4.78 is 0. The molecule has 0 saturated carbocycles. The van der Waals surface area contributed by atoms with Gasteiger partial charge in [0.2, 0.25) is 0 Å². The Bertz CT molecular complexity index is 1700. The molecule has 0 unspecified atom stereocenters. The second-order valence-corrected chi connectivity index (χ2v) is 14.0. The van der Waals surface area contributed by atoms with Gasteiger partial charge in [0, 0.05) is 35.7 Å². The van der Waals surface area contributed by atoms with E-state index in [-0.39, 0.29) is 44.4 Å². The maximum atomic E-state index is 5.79. The van der Waals surface area contributed by atoms with Crippen LogP contribution in [0.5, 0.6) is 0 Å². The van der Waals surface area contributed by atoms with E-state index in [1.54, 1.807) is 19.4 Å². The second-order valence-electron chi connectivity index (χ2n) is 9.72. The maximum Gasteiger partial charge on any atom is 2.00 e. The van der Waals surface area contributed by atoms with Gasteiger partial charge in [-0.2, -0.15) is 10.2 Å². The van der Waals surface area contributed by atoms with Gasteiger partial charge in [-0.1, -0.05) is 84.9 Å². The number of hydrogen-bond donors (Lipinski definition) is 2. The first kappa shape index (κ1) is 37.6. The fraction of sp³-hybridized carbons (Fsp3) is 0.0571. The summed E-state index contributed by atoms with van der Waals surface area (Å²) in [6, 6.07) is 45.1. The number of nitrogens with one attached hydrogen (secondary N) is 2. The number of amidine groups is 2. The van der Waals surface area contributed by atoms with Gasteiger partial charge < -0.3 is 52.9 Å². The van der Waals surface area contributed by atoms with Crippen LogP contribution >= 0.6 is 7.26 Å². The molecule has 1 radical (unpaired) electrons. The van der Waals surface area contributed by atoms with Crippen molar-refractivity contribution in [2.24, 2.45) is 20.4 Å². The third kappa shape index (κ3) is 9.61. The summed E-state index contributed by atoms with van der Waals surface area (Å²) in [7, 11) is -0.486. The second kappa shape index (κ2) is 19.1. The third-order valence-corrected chi connectivity index (χ3v) is 11.6. The normalized spacial score (nSPS) is 12.4. The van der Waals surface area contributed by atoms with Gasteiger partial charge in [0.15, 0.2) is 0 Å². The molecule has 0 aliphatic carbocycles. The molecule has 241 valence electrons. The minimum atomic E-state index is -2.18. The summed E-state index contributed by atoms with van der Waals surface area (Å²) in [4.78, 5) is 4.28. The standard InChI is InChI=1S/C35H32N7PS2.BrH.Cu/c1-36-34(44)41-40-33(28-17-14-24-37-25-28)32(27-15-6-2-7-16-27)39-42-35(45)38-26-43(29-18-8-3-9-19-29,30-20-10-4-11-21-30)31-22-12-5-13-23-31;;/h2-25H,26H2,1H3,(H3-,36,38,39,40,41,42,44,45);1H;/q;;+2/p-2. The van der Waals surface area contributed by atoms with Crippen LogP contribution in [0.4, 0.5) is 0 Å². The Morgan fingerprint density at radius 1 is 0.596 bits per heavy atom. The van der Waals surface area contributed by atoms with E-state index in [0.717, 1.165) is 5.56 Å². The Labute approximate surface area is 308 Å². The van der Waals surface area contributed by atoms with Crippen molar-refractivity contribution in [1.29, 1.82) is 0 Å². The predicted molar refractivity (Wildman–Crippen MR) is 196 cm³/mol. The van der Waals surface area contributed by atoms with Gasteiger partial charge in [-0.3, -0.25) is 4.98 Å². The monoisotopic (exact) mass is 786 g/mol. The summed E-state index contributed by atoms with van der Waals surface area (Å²) >= 11 is 11.0. The van der Waals surface area contributed by atoms with E-state index in [9.17, 15) is 0 Å². The molecule has 0 bridgehead atoms. The van der Waals surface area contributed by atoms with Crippen LogP contribution in [0.25, 0.3) is 0 Å². The molecule has 5 rings (SSSR count). The molecule has 1 aromatic heterocycles. The average molecular weight is 788 g/mol. The van der Waals surface area contributed by atoms with E-state index < -0.39 is 7.26 Å². The molecule has 12 heteroatoms. The molecule has 7 nitrogen and oxygen atoms in total. The molecule has 0 saturated heterocycles. The van der Waals surface area contributed by atoms with E-state index in [0.29, 0.717) is 23.3 Å². The van der Waals surface area contributed by atoms with Gasteiger partial charge in [0.1, 0.15) is 40.9 Å². The largest absolute Gasteiger partial charge is 2.00 e. The van der Waals surface area contributed by atoms with Crippen LogP contribution in [0, 0.1) is 0 Å². The predicted octanol–water partition coefficient (Wildman–Crippen LogP) is 1.76. The van der Waals surface area contributed by atoms with Gasteiger partial charge in [-0.25, -0.2) is 0 Å². The molecule has 0 atom stereocenters. The van der Waals surface area contributed by atoms with Gasteiger partial charge in [-0.05, 0) is 53.7 Å². The fourth-order valence-electron chi connectivity index (χ4n) is 4.81. The van der Waals surface area contributed by atoms with Crippen LogP contribution in [0.1, 0.15) is 11.1 Å². The van der Waals surface area contributed by atoms with Crippen LogP contribution in [0.3, 0.4) is 0 Å². The van der Waals surface area contributed by atoms with Crippen LogP contribution in [-0.4, -0.2) is 40.1 Å². The summed E-state index contributed by atoms with van der Waals surface area (Å²) in [5, 5.41) is 28.3. The van der Waals surface area contributed by atoms with Gasteiger partial charge in [0.25, 0.3) is 0 Å². The van der Waals surface area contributed by atoms with Crippen LogP contribution in [-0.2, 0) is 42.3 Å². The first-order chi connectivity index (χ1) is 22.1. The molecular formula is C35H31BrCuN7PS2. The fourth-order valence-corrected chi connectivity index (χ4v) is 8.95. The summed E-state index contributed by atoms with van der Waals surface area (Å²) in [5.41, 5.74) is 2.43. The van der Waals surface area contributed by atoms with Crippen LogP contribution in [0.2, 0.25) is 0 Å². The molecule has 47 heavy (non-hydrogen) atoms. The first-order valence-corrected chi connectivity index (χ1v) is 17.0. The Morgan fingerprint density at radius 3 is 1.47 bits per heavy atom. The minimum absolute atomic E-state index is 0.